The first-order chi connectivity index (χ1) is 7.67. The van der Waals surface area contributed by atoms with Gasteiger partial charge in [0.1, 0.15) is 0 Å². The molecule has 0 aromatic carbocycles. The molecule has 1 unspecified atom stereocenters. The van der Waals surface area contributed by atoms with Crippen molar-refractivity contribution in [3.8, 4) is 0 Å². The minimum absolute atomic E-state index is 0.980. The molecule has 0 heteroatoms. The molecule has 1 aliphatic carbocycles. The van der Waals surface area contributed by atoms with Gasteiger partial charge >= 0.3 is 0 Å². The zero-order valence-corrected chi connectivity index (χ0v) is 12.0. The van der Waals surface area contributed by atoms with Crippen LogP contribution in [0.5, 0.6) is 0 Å². The van der Waals surface area contributed by atoms with Crippen molar-refractivity contribution in [1.82, 2.24) is 0 Å². The van der Waals surface area contributed by atoms with Crippen molar-refractivity contribution < 1.29 is 0 Å². The second-order valence-corrected chi connectivity index (χ2v) is 6.26. The number of rotatable bonds is 6. The molecule has 0 spiro atoms. The van der Waals surface area contributed by atoms with Crippen molar-refractivity contribution in [3.05, 3.63) is 0 Å². The molecule has 1 fully saturated rings. The molecule has 1 rings (SSSR count). The summed E-state index contributed by atoms with van der Waals surface area (Å²) in [4.78, 5) is 0. The second kappa shape index (κ2) is 7.35. The van der Waals surface area contributed by atoms with Crippen LogP contribution in [0.2, 0.25) is 0 Å². The van der Waals surface area contributed by atoms with Gasteiger partial charge < -0.3 is 0 Å². The third kappa shape index (κ3) is 4.47. The summed E-state index contributed by atoms with van der Waals surface area (Å²) in [5.74, 6) is 4.02. The fourth-order valence-electron chi connectivity index (χ4n) is 3.29. The Labute approximate surface area is 103 Å². The van der Waals surface area contributed by atoms with Crippen LogP contribution in [0.15, 0.2) is 0 Å². The van der Waals surface area contributed by atoms with Gasteiger partial charge in [0.2, 0.25) is 0 Å². The van der Waals surface area contributed by atoms with E-state index < -0.39 is 0 Å². The minimum atomic E-state index is 0.980. The highest BCUT2D eigenvalue weighted by atomic mass is 14.3. The molecule has 0 heterocycles. The highest BCUT2D eigenvalue weighted by Crippen LogP contribution is 2.35. The Morgan fingerprint density at radius 1 is 0.938 bits per heavy atom. The lowest BCUT2D eigenvalue weighted by atomic mass is 9.75. The average Bonchev–Trinajstić information content (AvgIpc) is 2.31. The molecule has 0 radical (unpaired) electrons. The summed E-state index contributed by atoms with van der Waals surface area (Å²) in [5.41, 5.74) is 0. The van der Waals surface area contributed by atoms with Crippen molar-refractivity contribution in [2.45, 2.75) is 79.1 Å². The average molecular weight is 224 g/mol. The maximum absolute atomic E-state index is 2.50. The highest BCUT2D eigenvalue weighted by Gasteiger charge is 2.23. The summed E-state index contributed by atoms with van der Waals surface area (Å²) in [6, 6.07) is 0. The molecule has 96 valence electrons. The van der Waals surface area contributed by atoms with Crippen molar-refractivity contribution >= 4 is 0 Å². The van der Waals surface area contributed by atoms with Crippen LogP contribution in [-0.4, -0.2) is 0 Å². The van der Waals surface area contributed by atoms with Crippen molar-refractivity contribution in [1.29, 1.82) is 0 Å². The monoisotopic (exact) mass is 224 g/mol. The van der Waals surface area contributed by atoms with Crippen LogP contribution in [0.25, 0.3) is 0 Å². The van der Waals surface area contributed by atoms with Gasteiger partial charge in [-0.1, -0.05) is 66.2 Å². The summed E-state index contributed by atoms with van der Waals surface area (Å²) >= 11 is 0. The van der Waals surface area contributed by atoms with Gasteiger partial charge in [0.05, 0.1) is 0 Å². The van der Waals surface area contributed by atoms with Crippen molar-refractivity contribution in [2.24, 2.45) is 23.7 Å². The lowest BCUT2D eigenvalue weighted by Gasteiger charge is -2.31. The predicted molar refractivity (Wildman–Crippen MR) is 73.6 cm³/mol. The van der Waals surface area contributed by atoms with Crippen LogP contribution in [-0.2, 0) is 0 Å². The maximum atomic E-state index is 2.50. The van der Waals surface area contributed by atoms with Gasteiger partial charge in [-0.25, -0.2) is 0 Å². The van der Waals surface area contributed by atoms with E-state index in [1.807, 2.05) is 0 Å². The Bertz CT molecular complexity index is 161. The summed E-state index contributed by atoms with van der Waals surface area (Å²) in [5, 5.41) is 0. The topological polar surface area (TPSA) is 0 Å². The highest BCUT2D eigenvalue weighted by molar-refractivity contribution is 4.74. The lowest BCUT2D eigenvalue weighted by Crippen LogP contribution is -2.19. The first-order valence-electron chi connectivity index (χ1n) is 7.67. The summed E-state index contributed by atoms with van der Waals surface area (Å²) in [6.07, 6.45) is 11.7. The van der Waals surface area contributed by atoms with Crippen LogP contribution < -0.4 is 0 Å². The maximum Gasteiger partial charge on any atom is -0.0388 e. The summed E-state index contributed by atoms with van der Waals surface area (Å²) < 4.78 is 0. The molecule has 0 N–H and O–H groups in total. The Hall–Kier alpha value is 0. The Morgan fingerprint density at radius 3 is 2.00 bits per heavy atom. The first kappa shape index (κ1) is 14.1. The van der Waals surface area contributed by atoms with Crippen LogP contribution >= 0.6 is 0 Å². The zero-order chi connectivity index (χ0) is 12.0. The van der Waals surface area contributed by atoms with Crippen LogP contribution in [0.1, 0.15) is 79.1 Å². The Kier molecular flexibility index (Phi) is 6.46. The fourth-order valence-corrected chi connectivity index (χ4v) is 3.29. The van der Waals surface area contributed by atoms with Gasteiger partial charge in [0.15, 0.2) is 0 Å². The molecule has 0 aromatic heterocycles. The largest absolute Gasteiger partial charge is 0.0651 e. The molecule has 0 amide bonds. The number of hydrogen-bond acceptors (Lipinski definition) is 0. The van der Waals surface area contributed by atoms with E-state index in [2.05, 4.69) is 27.7 Å². The summed E-state index contributed by atoms with van der Waals surface area (Å²) in [6.45, 7) is 9.62. The lowest BCUT2D eigenvalue weighted by molar-refractivity contribution is 0.205. The molecule has 0 nitrogen and oxygen atoms in total. The van der Waals surface area contributed by atoms with E-state index in [1.165, 1.54) is 51.4 Å². The molecule has 16 heavy (non-hydrogen) atoms. The fraction of sp³-hybridized carbons (Fsp3) is 1.00. The van der Waals surface area contributed by atoms with E-state index in [9.17, 15) is 0 Å². The molecule has 1 aliphatic rings. The second-order valence-electron chi connectivity index (χ2n) is 6.26. The van der Waals surface area contributed by atoms with E-state index in [0.717, 1.165) is 23.7 Å². The Balaban J connectivity index is 2.21. The Morgan fingerprint density at radius 2 is 1.50 bits per heavy atom. The van der Waals surface area contributed by atoms with Gasteiger partial charge in [0, 0.05) is 0 Å². The number of hydrogen-bond donors (Lipinski definition) is 0. The minimum Gasteiger partial charge on any atom is -0.0651 e. The van der Waals surface area contributed by atoms with Crippen LogP contribution in [0.3, 0.4) is 0 Å². The quantitative estimate of drug-likeness (QED) is 0.545. The van der Waals surface area contributed by atoms with Crippen LogP contribution in [0.4, 0.5) is 0 Å². The van der Waals surface area contributed by atoms with Gasteiger partial charge in [-0.05, 0) is 36.5 Å². The normalized spacial score (nSPS) is 28.3. The van der Waals surface area contributed by atoms with Crippen molar-refractivity contribution in [3.63, 3.8) is 0 Å². The van der Waals surface area contributed by atoms with E-state index in [1.54, 1.807) is 0 Å². The molecule has 0 aliphatic heterocycles. The van der Waals surface area contributed by atoms with Gasteiger partial charge in [-0.3, -0.25) is 0 Å². The van der Waals surface area contributed by atoms with Crippen LogP contribution in [0, 0.1) is 23.7 Å². The zero-order valence-electron chi connectivity index (χ0n) is 12.0. The van der Waals surface area contributed by atoms with E-state index >= 15 is 0 Å². The van der Waals surface area contributed by atoms with E-state index in [4.69, 9.17) is 0 Å². The molecular formula is C16H32. The molecule has 1 saturated carbocycles. The molecule has 0 bridgehead atoms. The molecule has 0 aromatic rings. The van der Waals surface area contributed by atoms with Crippen molar-refractivity contribution in [2.75, 3.05) is 0 Å². The summed E-state index contributed by atoms with van der Waals surface area (Å²) in [7, 11) is 0. The van der Waals surface area contributed by atoms with Gasteiger partial charge in [-0.15, -0.1) is 0 Å². The SMILES string of the molecule is CCC(CC)CCC(C)C1CCC(C)CC1. The standard InChI is InChI=1S/C16H32/c1-5-15(6-2)10-9-14(4)16-11-7-13(3)8-12-16/h13-16H,5-12H2,1-4H3. The van der Waals surface area contributed by atoms with E-state index in [-0.39, 0.29) is 0 Å². The smallest absolute Gasteiger partial charge is 0.0388 e. The molecular weight excluding hydrogens is 192 g/mol. The third-order valence-corrected chi connectivity index (χ3v) is 5.05. The first-order valence-corrected chi connectivity index (χ1v) is 7.67. The van der Waals surface area contributed by atoms with Gasteiger partial charge in [-0.2, -0.15) is 0 Å². The molecule has 1 atom stereocenters. The van der Waals surface area contributed by atoms with E-state index in [0.29, 0.717) is 0 Å². The third-order valence-electron chi connectivity index (χ3n) is 5.05. The molecule has 0 saturated heterocycles. The van der Waals surface area contributed by atoms with Gasteiger partial charge in [0.25, 0.3) is 0 Å². The predicted octanol–water partition coefficient (Wildman–Crippen LogP) is 5.67.